The molecule has 0 atom stereocenters. The Morgan fingerprint density at radius 2 is 1.86 bits per heavy atom. The van der Waals surface area contributed by atoms with Gasteiger partial charge in [-0.1, -0.05) is 18.2 Å². The Balaban J connectivity index is 1.83. The molecule has 0 aliphatic heterocycles. The monoisotopic (exact) mass is 393 g/mol. The van der Waals surface area contributed by atoms with Crippen LogP contribution in [0, 0.1) is 17.0 Å². The Morgan fingerprint density at radius 1 is 1.14 bits per heavy atom. The van der Waals surface area contributed by atoms with E-state index in [1.54, 1.807) is 32.2 Å². The normalized spacial score (nSPS) is 10.4. The molecule has 0 aliphatic carbocycles. The maximum absolute atomic E-state index is 12.6. The van der Waals surface area contributed by atoms with Gasteiger partial charge in [-0.25, -0.2) is 0 Å². The third kappa shape index (κ3) is 4.67. The van der Waals surface area contributed by atoms with E-state index in [-0.39, 0.29) is 16.8 Å². The second-order valence-electron chi connectivity index (χ2n) is 6.44. The number of hydrogen-bond acceptors (Lipinski definition) is 5. The number of methoxy groups -OCH3 is 1. The van der Waals surface area contributed by atoms with Crippen LogP contribution in [0.5, 0.6) is 5.75 Å². The summed E-state index contributed by atoms with van der Waals surface area (Å²) in [4.78, 5) is 35.3. The zero-order valence-electron chi connectivity index (χ0n) is 15.9. The zero-order valence-corrected chi connectivity index (χ0v) is 15.9. The van der Waals surface area contributed by atoms with E-state index in [0.717, 1.165) is 5.56 Å². The van der Waals surface area contributed by atoms with Gasteiger partial charge in [-0.15, -0.1) is 0 Å². The van der Waals surface area contributed by atoms with Gasteiger partial charge in [0.05, 0.1) is 29.8 Å². The van der Waals surface area contributed by atoms with Crippen LogP contribution >= 0.6 is 0 Å². The minimum absolute atomic E-state index is 0.115. The van der Waals surface area contributed by atoms with E-state index in [1.165, 1.54) is 35.0 Å². The molecule has 0 bridgehead atoms. The molecule has 1 N–H and O–H groups in total. The van der Waals surface area contributed by atoms with Gasteiger partial charge >= 0.3 is 0 Å². The average molecular weight is 393 g/mol. The van der Waals surface area contributed by atoms with Crippen molar-refractivity contribution in [2.45, 2.75) is 13.5 Å². The van der Waals surface area contributed by atoms with Crippen LogP contribution in [0.1, 0.15) is 21.5 Å². The Morgan fingerprint density at radius 3 is 2.52 bits per heavy atom. The number of carbonyl (C=O) groups excluding carboxylic acids is 1. The van der Waals surface area contributed by atoms with E-state index in [0.29, 0.717) is 23.5 Å². The highest BCUT2D eigenvalue weighted by atomic mass is 16.6. The van der Waals surface area contributed by atoms with Gasteiger partial charge in [-0.3, -0.25) is 19.7 Å². The lowest BCUT2D eigenvalue weighted by Gasteiger charge is -2.11. The molecule has 0 saturated heterocycles. The molecule has 3 aromatic rings. The standard InChI is InChI=1S/C21H19N3O5/c1-14-3-7-17(24(27)28)11-19(14)22-21(26)16-6-10-20(25)23(13-16)12-15-4-8-18(29-2)9-5-15/h3-11,13H,12H2,1-2H3,(H,22,26). The maximum atomic E-state index is 12.6. The van der Waals surface area contributed by atoms with Crippen LogP contribution in [0.2, 0.25) is 0 Å². The van der Waals surface area contributed by atoms with Gasteiger partial charge in [-0.2, -0.15) is 0 Å². The van der Waals surface area contributed by atoms with E-state index in [1.807, 2.05) is 12.1 Å². The van der Waals surface area contributed by atoms with Gasteiger partial charge in [0.15, 0.2) is 0 Å². The van der Waals surface area contributed by atoms with E-state index >= 15 is 0 Å². The topological polar surface area (TPSA) is 103 Å². The SMILES string of the molecule is COc1ccc(Cn2cc(C(=O)Nc3cc([N+](=O)[O-])ccc3C)ccc2=O)cc1. The Kier molecular flexibility index (Phi) is 5.73. The lowest BCUT2D eigenvalue weighted by Crippen LogP contribution is -2.22. The summed E-state index contributed by atoms with van der Waals surface area (Å²) >= 11 is 0. The second-order valence-corrected chi connectivity index (χ2v) is 6.44. The number of amides is 1. The largest absolute Gasteiger partial charge is 0.497 e. The van der Waals surface area contributed by atoms with Crippen LogP contribution in [-0.4, -0.2) is 22.5 Å². The average Bonchev–Trinajstić information content (AvgIpc) is 2.71. The summed E-state index contributed by atoms with van der Waals surface area (Å²) in [5.74, 6) is 0.249. The minimum atomic E-state index is -0.524. The summed E-state index contributed by atoms with van der Waals surface area (Å²) < 4.78 is 6.55. The number of aryl methyl sites for hydroxylation is 1. The summed E-state index contributed by atoms with van der Waals surface area (Å²) in [7, 11) is 1.57. The first-order valence-electron chi connectivity index (χ1n) is 8.77. The van der Waals surface area contributed by atoms with Crippen molar-refractivity contribution in [3.8, 4) is 5.75 Å². The number of nitrogens with zero attached hydrogens (tertiary/aromatic N) is 2. The molecule has 1 aromatic heterocycles. The van der Waals surface area contributed by atoms with Crippen molar-refractivity contribution in [1.29, 1.82) is 0 Å². The molecule has 0 fully saturated rings. The second kappa shape index (κ2) is 8.39. The molecule has 8 nitrogen and oxygen atoms in total. The van der Waals surface area contributed by atoms with E-state index in [2.05, 4.69) is 5.32 Å². The van der Waals surface area contributed by atoms with E-state index in [4.69, 9.17) is 4.74 Å². The van der Waals surface area contributed by atoms with Crippen molar-refractivity contribution in [2.24, 2.45) is 0 Å². The molecule has 8 heteroatoms. The molecule has 29 heavy (non-hydrogen) atoms. The van der Waals surface area contributed by atoms with Crippen molar-refractivity contribution in [2.75, 3.05) is 12.4 Å². The first-order valence-corrected chi connectivity index (χ1v) is 8.77. The molecular weight excluding hydrogens is 374 g/mol. The van der Waals surface area contributed by atoms with Crippen LogP contribution in [0.25, 0.3) is 0 Å². The summed E-state index contributed by atoms with van der Waals surface area (Å²) in [5.41, 5.74) is 1.82. The third-order valence-corrected chi connectivity index (χ3v) is 4.44. The van der Waals surface area contributed by atoms with Gasteiger partial charge in [0.1, 0.15) is 5.75 Å². The number of non-ortho nitro benzene ring substituents is 1. The molecule has 0 aliphatic rings. The molecule has 2 aromatic carbocycles. The number of anilines is 1. The van der Waals surface area contributed by atoms with Gasteiger partial charge in [0.25, 0.3) is 17.2 Å². The molecule has 1 amide bonds. The van der Waals surface area contributed by atoms with Crippen molar-refractivity contribution >= 4 is 17.3 Å². The highest BCUT2D eigenvalue weighted by molar-refractivity contribution is 6.04. The minimum Gasteiger partial charge on any atom is -0.497 e. The van der Waals surface area contributed by atoms with Crippen LogP contribution in [0.4, 0.5) is 11.4 Å². The van der Waals surface area contributed by atoms with Gasteiger partial charge in [-0.05, 0) is 36.2 Å². The molecule has 0 spiro atoms. The van der Waals surface area contributed by atoms with Crippen molar-refractivity contribution in [3.05, 3.63) is 98.0 Å². The first-order chi connectivity index (χ1) is 13.9. The predicted molar refractivity (Wildman–Crippen MR) is 109 cm³/mol. The van der Waals surface area contributed by atoms with E-state index in [9.17, 15) is 19.7 Å². The number of nitrogens with one attached hydrogen (secondary N) is 1. The van der Waals surface area contributed by atoms with Gasteiger partial charge in [0, 0.05) is 24.4 Å². The highest BCUT2D eigenvalue weighted by Crippen LogP contribution is 2.22. The highest BCUT2D eigenvalue weighted by Gasteiger charge is 2.13. The fourth-order valence-corrected chi connectivity index (χ4v) is 2.77. The van der Waals surface area contributed by atoms with Crippen molar-refractivity contribution < 1.29 is 14.5 Å². The first kappa shape index (κ1) is 19.8. The molecular formula is C21H19N3O5. The van der Waals surface area contributed by atoms with E-state index < -0.39 is 10.8 Å². The van der Waals surface area contributed by atoms with Crippen LogP contribution < -0.4 is 15.6 Å². The van der Waals surface area contributed by atoms with Crippen LogP contribution in [0.3, 0.4) is 0 Å². The molecule has 3 rings (SSSR count). The number of rotatable bonds is 6. The number of ether oxygens (including phenoxy) is 1. The Bertz CT molecular complexity index is 1120. The number of hydrogen-bond donors (Lipinski definition) is 1. The maximum Gasteiger partial charge on any atom is 0.271 e. The number of nitro benzene ring substituents is 1. The number of pyridine rings is 1. The number of benzene rings is 2. The molecule has 0 unspecified atom stereocenters. The Hall–Kier alpha value is -3.94. The molecule has 1 heterocycles. The van der Waals surface area contributed by atoms with Crippen molar-refractivity contribution in [3.63, 3.8) is 0 Å². The quantitative estimate of drug-likeness (QED) is 0.511. The summed E-state index contributed by atoms with van der Waals surface area (Å²) in [6.07, 6.45) is 1.47. The predicted octanol–water partition coefficient (Wildman–Crippen LogP) is 3.37. The summed E-state index contributed by atoms with van der Waals surface area (Å²) in [5, 5.41) is 13.6. The third-order valence-electron chi connectivity index (χ3n) is 4.44. The fraction of sp³-hybridized carbons (Fsp3) is 0.143. The fourth-order valence-electron chi connectivity index (χ4n) is 2.77. The van der Waals surface area contributed by atoms with Gasteiger partial charge in [0.2, 0.25) is 0 Å². The molecule has 148 valence electrons. The summed E-state index contributed by atoms with van der Waals surface area (Å²) in [6.45, 7) is 2.03. The lowest BCUT2D eigenvalue weighted by atomic mass is 10.1. The molecule has 0 saturated carbocycles. The summed E-state index contributed by atoms with van der Waals surface area (Å²) in [6, 6.07) is 14.3. The number of nitro groups is 1. The Labute approximate surface area is 166 Å². The van der Waals surface area contributed by atoms with Crippen LogP contribution in [0.15, 0.2) is 65.6 Å². The lowest BCUT2D eigenvalue weighted by molar-refractivity contribution is -0.384. The molecule has 0 radical (unpaired) electrons. The smallest absolute Gasteiger partial charge is 0.271 e. The van der Waals surface area contributed by atoms with Crippen LogP contribution in [-0.2, 0) is 6.54 Å². The number of carbonyl (C=O) groups is 1. The zero-order chi connectivity index (χ0) is 21.0. The van der Waals surface area contributed by atoms with Gasteiger partial charge < -0.3 is 14.6 Å². The van der Waals surface area contributed by atoms with Crippen molar-refractivity contribution in [1.82, 2.24) is 4.57 Å². The number of aromatic nitrogens is 1.